The zero-order valence-electron chi connectivity index (χ0n) is 13.9. The Hall–Kier alpha value is -2.73. The number of nitro benzene ring substituents is 1. The minimum absolute atomic E-state index is 0.000334. The smallest absolute Gasteiger partial charge is 0.269 e. The summed E-state index contributed by atoms with van der Waals surface area (Å²) in [6.07, 6.45) is 3.34. The van der Waals surface area contributed by atoms with Crippen LogP contribution >= 0.6 is 0 Å². The molecule has 6 heteroatoms. The van der Waals surface area contributed by atoms with Gasteiger partial charge in [-0.1, -0.05) is 36.4 Å². The fraction of sp³-hybridized carbons (Fsp3) is 0.316. The van der Waals surface area contributed by atoms with Crippen molar-refractivity contribution in [3.63, 3.8) is 0 Å². The van der Waals surface area contributed by atoms with Gasteiger partial charge in [-0.05, 0) is 42.4 Å². The number of amides is 1. The molecule has 2 aromatic carbocycles. The molecule has 130 valence electrons. The summed E-state index contributed by atoms with van der Waals surface area (Å²) < 4.78 is 0. The number of nitrogens with zero attached hydrogens (tertiary/aromatic N) is 1. The maximum atomic E-state index is 12.5. The second kappa shape index (κ2) is 7.44. The molecule has 0 spiro atoms. The second-order valence-corrected chi connectivity index (χ2v) is 6.39. The lowest BCUT2D eigenvalue weighted by molar-refractivity contribution is -0.384. The van der Waals surface area contributed by atoms with Crippen LogP contribution in [0, 0.1) is 10.1 Å². The number of nitrogens with two attached hydrogens (primary N) is 1. The summed E-state index contributed by atoms with van der Waals surface area (Å²) in [6, 6.07) is 13.6. The quantitative estimate of drug-likeness (QED) is 0.646. The Morgan fingerprint density at radius 1 is 1.24 bits per heavy atom. The summed E-state index contributed by atoms with van der Waals surface area (Å²) in [4.78, 5) is 22.7. The maximum Gasteiger partial charge on any atom is 0.269 e. The first-order chi connectivity index (χ1) is 12.0. The fourth-order valence-corrected chi connectivity index (χ4v) is 3.28. The number of rotatable bonds is 5. The molecule has 0 fully saturated rings. The van der Waals surface area contributed by atoms with Gasteiger partial charge in [0.05, 0.1) is 17.0 Å². The lowest BCUT2D eigenvalue weighted by Gasteiger charge is -2.27. The number of carbonyl (C=O) groups excluding carboxylic acids is 1. The van der Waals surface area contributed by atoms with Crippen molar-refractivity contribution >= 4 is 11.6 Å². The monoisotopic (exact) mass is 339 g/mol. The number of hydrogen-bond acceptors (Lipinski definition) is 4. The molecule has 3 N–H and O–H groups in total. The lowest BCUT2D eigenvalue weighted by atomic mass is 9.87. The van der Waals surface area contributed by atoms with Crippen LogP contribution in [0.1, 0.15) is 35.6 Å². The minimum Gasteiger partial charge on any atom is -0.348 e. The first-order valence-electron chi connectivity index (χ1n) is 8.41. The van der Waals surface area contributed by atoms with Crippen LogP contribution in [0.5, 0.6) is 0 Å². The highest BCUT2D eigenvalue weighted by Crippen LogP contribution is 2.29. The third kappa shape index (κ3) is 4.03. The van der Waals surface area contributed by atoms with E-state index in [9.17, 15) is 14.9 Å². The molecule has 1 aliphatic rings. The van der Waals surface area contributed by atoms with Crippen LogP contribution < -0.4 is 11.1 Å². The van der Waals surface area contributed by atoms with Gasteiger partial charge in [-0.2, -0.15) is 0 Å². The molecular formula is C19H21N3O3. The topological polar surface area (TPSA) is 98.3 Å². The van der Waals surface area contributed by atoms with Crippen molar-refractivity contribution < 1.29 is 9.72 Å². The molecule has 6 nitrogen and oxygen atoms in total. The van der Waals surface area contributed by atoms with E-state index in [0.717, 1.165) is 24.8 Å². The molecule has 0 heterocycles. The molecule has 0 bridgehead atoms. The van der Waals surface area contributed by atoms with Gasteiger partial charge in [0.15, 0.2) is 0 Å². The number of nitro groups is 1. The summed E-state index contributed by atoms with van der Waals surface area (Å²) >= 11 is 0. The third-order valence-electron chi connectivity index (χ3n) is 4.63. The van der Waals surface area contributed by atoms with Crippen molar-refractivity contribution in [1.29, 1.82) is 0 Å². The van der Waals surface area contributed by atoms with Crippen LogP contribution in [0.25, 0.3) is 0 Å². The summed E-state index contributed by atoms with van der Waals surface area (Å²) in [5, 5.41) is 13.7. The first kappa shape index (κ1) is 17.1. The Balaban J connectivity index is 1.62. The Morgan fingerprint density at radius 3 is 2.68 bits per heavy atom. The second-order valence-electron chi connectivity index (χ2n) is 6.39. The zero-order chi connectivity index (χ0) is 17.8. The molecule has 3 rings (SSSR count). The number of non-ortho nitro benzene ring substituents is 1. The van der Waals surface area contributed by atoms with Crippen molar-refractivity contribution in [2.75, 3.05) is 0 Å². The number of nitrogens with one attached hydrogen (secondary N) is 1. The minimum atomic E-state index is -0.685. The molecular weight excluding hydrogens is 318 g/mol. The van der Waals surface area contributed by atoms with Gasteiger partial charge >= 0.3 is 0 Å². The van der Waals surface area contributed by atoms with Crippen molar-refractivity contribution in [1.82, 2.24) is 5.32 Å². The molecule has 0 radical (unpaired) electrons. The zero-order valence-corrected chi connectivity index (χ0v) is 13.9. The summed E-state index contributed by atoms with van der Waals surface area (Å²) in [7, 11) is 0. The van der Waals surface area contributed by atoms with Crippen molar-refractivity contribution in [3.05, 3.63) is 75.3 Å². The third-order valence-corrected chi connectivity index (χ3v) is 4.63. The summed E-state index contributed by atoms with van der Waals surface area (Å²) in [5.74, 6) is -0.194. The van der Waals surface area contributed by atoms with Gasteiger partial charge in [-0.25, -0.2) is 0 Å². The summed E-state index contributed by atoms with van der Waals surface area (Å²) in [6.45, 7) is 0. The van der Waals surface area contributed by atoms with E-state index in [4.69, 9.17) is 5.73 Å². The molecule has 1 unspecified atom stereocenters. The van der Waals surface area contributed by atoms with Crippen LogP contribution in [0.4, 0.5) is 5.69 Å². The highest BCUT2D eigenvalue weighted by Gasteiger charge is 2.24. The van der Waals surface area contributed by atoms with Crippen LogP contribution in [0.15, 0.2) is 48.5 Å². The van der Waals surface area contributed by atoms with E-state index >= 15 is 0 Å². The number of hydrogen-bond donors (Lipinski definition) is 2. The van der Waals surface area contributed by atoms with Gasteiger partial charge in [0.2, 0.25) is 5.91 Å². The number of fused-ring (bicyclic) bond motifs is 1. The predicted octanol–water partition coefficient (Wildman–Crippen LogP) is 2.66. The van der Waals surface area contributed by atoms with Crippen molar-refractivity contribution in [2.24, 2.45) is 5.73 Å². The van der Waals surface area contributed by atoms with Gasteiger partial charge in [0, 0.05) is 12.1 Å². The van der Waals surface area contributed by atoms with Crippen molar-refractivity contribution in [2.45, 2.75) is 37.8 Å². The average molecular weight is 339 g/mol. The predicted molar refractivity (Wildman–Crippen MR) is 95.0 cm³/mol. The standard InChI is InChI=1S/C19H21N3O3/c20-17(12-13-8-10-15(11-9-13)22(24)25)19(23)21-18-7-3-5-14-4-1-2-6-16(14)18/h1-2,4,6,8-11,17-18H,3,5,7,12,20H2,(H,21,23)/t17?,18-/m1/s1. The first-order valence-corrected chi connectivity index (χ1v) is 8.41. The molecule has 25 heavy (non-hydrogen) atoms. The number of benzene rings is 2. The molecule has 0 saturated carbocycles. The van der Waals surface area contributed by atoms with Gasteiger partial charge < -0.3 is 11.1 Å². The molecule has 1 aliphatic carbocycles. The van der Waals surface area contributed by atoms with E-state index in [2.05, 4.69) is 17.4 Å². The number of aryl methyl sites for hydroxylation is 1. The van der Waals surface area contributed by atoms with E-state index < -0.39 is 11.0 Å². The van der Waals surface area contributed by atoms with Gasteiger partial charge in [0.25, 0.3) is 5.69 Å². The Morgan fingerprint density at radius 2 is 1.96 bits per heavy atom. The van der Waals surface area contributed by atoms with E-state index in [-0.39, 0.29) is 17.6 Å². The van der Waals surface area contributed by atoms with Crippen LogP contribution in [0.3, 0.4) is 0 Å². The molecule has 0 saturated heterocycles. The largest absolute Gasteiger partial charge is 0.348 e. The SMILES string of the molecule is NC(Cc1ccc([N+](=O)[O-])cc1)C(=O)N[C@@H]1CCCc2ccccc21. The average Bonchev–Trinajstić information content (AvgIpc) is 2.62. The Labute approximate surface area is 146 Å². The maximum absolute atomic E-state index is 12.5. The van der Waals surface area contributed by atoms with E-state index in [1.165, 1.54) is 23.3 Å². The number of carbonyl (C=O) groups is 1. The van der Waals surface area contributed by atoms with E-state index in [1.807, 2.05) is 12.1 Å². The van der Waals surface area contributed by atoms with E-state index in [0.29, 0.717) is 6.42 Å². The van der Waals surface area contributed by atoms with E-state index in [1.54, 1.807) is 12.1 Å². The van der Waals surface area contributed by atoms with Gasteiger partial charge in [0.1, 0.15) is 0 Å². The molecule has 0 aliphatic heterocycles. The van der Waals surface area contributed by atoms with Gasteiger partial charge in [-0.15, -0.1) is 0 Å². The summed E-state index contributed by atoms with van der Waals surface area (Å²) in [5.41, 5.74) is 9.32. The van der Waals surface area contributed by atoms with Crippen LogP contribution in [-0.4, -0.2) is 16.9 Å². The highest BCUT2D eigenvalue weighted by atomic mass is 16.6. The molecule has 2 atom stereocenters. The van der Waals surface area contributed by atoms with Crippen LogP contribution in [-0.2, 0) is 17.6 Å². The van der Waals surface area contributed by atoms with Crippen LogP contribution in [0.2, 0.25) is 0 Å². The molecule has 2 aromatic rings. The van der Waals surface area contributed by atoms with Gasteiger partial charge in [-0.3, -0.25) is 14.9 Å². The van der Waals surface area contributed by atoms with Crippen molar-refractivity contribution in [3.8, 4) is 0 Å². The molecule has 0 aromatic heterocycles. The fourth-order valence-electron chi connectivity index (χ4n) is 3.28. The Kier molecular flexibility index (Phi) is 5.09. The normalized spacial score (nSPS) is 17.4. The Bertz CT molecular complexity index is 774. The molecule has 1 amide bonds. The lowest BCUT2D eigenvalue weighted by Crippen LogP contribution is -2.44. The highest BCUT2D eigenvalue weighted by molar-refractivity contribution is 5.82.